The Bertz CT molecular complexity index is 474. The SMILES string of the molecule is CNc1nc(O)nc(Nc2ccccc2)n1. The molecule has 0 aliphatic heterocycles. The van der Waals surface area contributed by atoms with Gasteiger partial charge in [-0.05, 0) is 12.1 Å². The number of aromatic nitrogens is 3. The van der Waals surface area contributed by atoms with Gasteiger partial charge in [0.05, 0.1) is 0 Å². The Morgan fingerprint density at radius 2 is 1.69 bits per heavy atom. The summed E-state index contributed by atoms with van der Waals surface area (Å²) in [5, 5.41) is 14.9. The molecule has 0 bridgehead atoms. The summed E-state index contributed by atoms with van der Waals surface area (Å²) in [5.74, 6) is 0.606. The number of nitrogens with zero attached hydrogens (tertiary/aromatic N) is 3. The Morgan fingerprint density at radius 1 is 1.00 bits per heavy atom. The molecule has 1 aromatic carbocycles. The Hall–Kier alpha value is -2.37. The molecule has 1 heterocycles. The maximum absolute atomic E-state index is 9.26. The number of anilines is 3. The van der Waals surface area contributed by atoms with Crippen LogP contribution < -0.4 is 10.6 Å². The van der Waals surface area contributed by atoms with Crippen molar-refractivity contribution in [2.75, 3.05) is 17.7 Å². The Balaban J connectivity index is 2.24. The van der Waals surface area contributed by atoms with Crippen LogP contribution in [-0.2, 0) is 0 Å². The van der Waals surface area contributed by atoms with E-state index in [0.717, 1.165) is 5.69 Å². The van der Waals surface area contributed by atoms with Gasteiger partial charge in [0.1, 0.15) is 0 Å². The van der Waals surface area contributed by atoms with Crippen LogP contribution in [0.4, 0.5) is 17.6 Å². The lowest BCUT2D eigenvalue weighted by atomic mass is 10.3. The van der Waals surface area contributed by atoms with E-state index in [1.54, 1.807) is 7.05 Å². The van der Waals surface area contributed by atoms with E-state index in [4.69, 9.17) is 0 Å². The topological polar surface area (TPSA) is 83.0 Å². The van der Waals surface area contributed by atoms with Crippen molar-refractivity contribution in [1.29, 1.82) is 0 Å². The molecule has 0 saturated carbocycles. The van der Waals surface area contributed by atoms with E-state index in [9.17, 15) is 5.11 Å². The number of nitrogens with one attached hydrogen (secondary N) is 2. The molecule has 0 radical (unpaired) electrons. The zero-order chi connectivity index (χ0) is 11.4. The van der Waals surface area contributed by atoms with Gasteiger partial charge in [0.25, 0.3) is 0 Å². The number of aromatic hydroxyl groups is 1. The van der Waals surface area contributed by atoms with E-state index >= 15 is 0 Å². The van der Waals surface area contributed by atoms with Gasteiger partial charge in [0, 0.05) is 12.7 Å². The van der Waals surface area contributed by atoms with Gasteiger partial charge in [-0.1, -0.05) is 18.2 Å². The third-order valence-electron chi connectivity index (χ3n) is 1.88. The molecule has 6 nitrogen and oxygen atoms in total. The predicted octanol–water partition coefficient (Wildman–Crippen LogP) is 1.36. The highest BCUT2D eigenvalue weighted by molar-refractivity contribution is 5.53. The van der Waals surface area contributed by atoms with Gasteiger partial charge in [0.15, 0.2) is 0 Å². The van der Waals surface area contributed by atoms with Crippen LogP contribution in [0.1, 0.15) is 0 Å². The minimum absolute atomic E-state index is 0.294. The quantitative estimate of drug-likeness (QED) is 0.720. The molecule has 82 valence electrons. The first kappa shape index (κ1) is 10.2. The Kier molecular flexibility index (Phi) is 2.81. The molecule has 0 aliphatic rings. The molecule has 2 aromatic rings. The second kappa shape index (κ2) is 4.43. The molecule has 0 saturated heterocycles. The molecular formula is C10H11N5O. The van der Waals surface area contributed by atoms with Gasteiger partial charge in [0.2, 0.25) is 11.9 Å². The highest BCUT2D eigenvalue weighted by atomic mass is 16.3. The van der Waals surface area contributed by atoms with E-state index in [0.29, 0.717) is 11.9 Å². The van der Waals surface area contributed by atoms with Crippen LogP contribution in [-0.4, -0.2) is 27.1 Å². The molecule has 0 aliphatic carbocycles. The van der Waals surface area contributed by atoms with Crippen molar-refractivity contribution < 1.29 is 5.11 Å². The number of para-hydroxylation sites is 1. The second-order valence-electron chi connectivity index (χ2n) is 3.02. The van der Waals surface area contributed by atoms with Crippen LogP contribution in [0.25, 0.3) is 0 Å². The molecule has 0 unspecified atom stereocenters. The second-order valence-corrected chi connectivity index (χ2v) is 3.02. The van der Waals surface area contributed by atoms with Gasteiger partial charge < -0.3 is 15.7 Å². The summed E-state index contributed by atoms with van der Waals surface area (Å²) >= 11 is 0. The largest absolute Gasteiger partial charge is 0.479 e. The van der Waals surface area contributed by atoms with E-state index in [1.807, 2.05) is 30.3 Å². The zero-order valence-electron chi connectivity index (χ0n) is 8.68. The molecule has 1 aromatic heterocycles. The van der Waals surface area contributed by atoms with Gasteiger partial charge >= 0.3 is 6.01 Å². The highest BCUT2D eigenvalue weighted by Gasteiger charge is 2.03. The maximum atomic E-state index is 9.26. The molecule has 0 amide bonds. The van der Waals surface area contributed by atoms with E-state index in [1.165, 1.54) is 0 Å². The van der Waals surface area contributed by atoms with E-state index in [-0.39, 0.29) is 6.01 Å². The van der Waals surface area contributed by atoms with Gasteiger partial charge in [-0.3, -0.25) is 0 Å². The molecule has 0 fully saturated rings. The first-order valence-corrected chi connectivity index (χ1v) is 4.73. The first-order chi connectivity index (χ1) is 7.78. The fourth-order valence-corrected chi connectivity index (χ4v) is 1.18. The first-order valence-electron chi connectivity index (χ1n) is 4.73. The van der Waals surface area contributed by atoms with Crippen molar-refractivity contribution >= 4 is 17.6 Å². The summed E-state index contributed by atoms with van der Waals surface area (Å²) in [5.41, 5.74) is 0.843. The van der Waals surface area contributed by atoms with Crippen LogP contribution in [0.15, 0.2) is 30.3 Å². The van der Waals surface area contributed by atoms with Crippen molar-refractivity contribution in [3.8, 4) is 6.01 Å². The molecule has 6 heteroatoms. The van der Waals surface area contributed by atoms with Crippen LogP contribution in [0, 0.1) is 0 Å². The third kappa shape index (κ3) is 2.35. The van der Waals surface area contributed by atoms with E-state index < -0.39 is 0 Å². The molecular weight excluding hydrogens is 206 g/mol. The smallest absolute Gasteiger partial charge is 0.320 e. The highest BCUT2D eigenvalue weighted by Crippen LogP contribution is 2.14. The van der Waals surface area contributed by atoms with Gasteiger partial charge in [-0.15, -0.1) is 0 Å². The lowest BCUT2D eigenvalue weighted by molar-refractivity contribution is 0.430. The molecule has 0 atom stereocenters. The number of benzene rings is 1. The van der Waals surface area contributed by atoms with Crippen LogP contribution in [0.2, 0.25) is 0 Å². The van der Waals surface area contributed by atoms with Crippen molar-refractivity contribution in [2.45, 2.75) is 0 Å². The predicted molar refractivity (Wildman–Crippen MR) is 60.8 cm³/mol. The summed E-state index contributed by atoms with van der Waals surface area (Å²) in [6.45, 7) is 0. The lowest BCUT2D eigenvalue weighted by Gasteiger charge is -2.05. The lowest BCUT2D eigenvalue weighted by Crippen LogP contribution is -2.02. The van der Waals surface area contributed by atoms with Crippen molar-refractivity contribution in [3.63, 3.8) is 0 Å². The standard InChI is InChI=1S/C10H11N5O/c1-11-8-13-9(15-10(16)14-8)12-7-5-3-2-4-6-7/h2-6H,1H3,(H3,11,12,13,14,15,16). The Morgan fingerprint density at radius 3 is 2.38 bits per heavy atom. The molecule has 3 N–H and O–H groups in total. The van der Waals surface area contributed by atoms with Crippen molar-refractivity contribution in [3.05, 3.63) is 30.3 Å². The maximum Gasteiger partial charge on any atom is 0.320 e. The average Bonchev–Trinajstić information content (AvgIpc) is 2.29. The van der Waals surface area contributed by atoms with Crippen LogP contribution in [0.5, 0.6) is 6.01 Å². The van der Waals surface area contributed by atoms with Crippen LogP contribution >= 0.6 is 0 Å². The third-order valence-corrected chi connectivity index (χ3v) is 1.88. The van der Waals surface area contributed by atoms with E-state index in [2.05, 4.69) is 25.6 Å². The zero-order valence-corrected chi connectivity index (χ0v) is 8.68. The van der Waals surface area contributed by atoms with Gasteiger partial charge in [-0.25, -0.2) is 0 Å². The van der Waals surface area contributed by atoms with Crippen molar-refractivity contribution in [1.82, 2.24) is 15.0 Å². The summed E-state index contributed by atoms with van der Waals surface area (Å²) < 4.78 is 0. The monoisotopic (exact) mass is 217 g/mol. The van der Waals surface area contributed by atoms with Gasteiger partial charge in [-0.2, -0.15) is 15.0 Å². The molecule has 0 spiro atoms. The average molecular weight is 217 g/mol. The molecule has 16 heavy (non-hydrogen) atoms. The minimum Gasteiger partial charge on any atom is -0.479 e. The fraction of sp³-hybridized carbons (Fsp3) is 0.100. The fourth-order valence-electron chi connectivity index (χ4n) is 1.18. The Labute approximate surface area is 92.4 Å². The summed E-state index contributed by atoms with van der Waals surface area (Å²) in [6, 6.07) is 9.12. The minimum atomic E-state index is -0.321. The van der Waals surface area contributed by atoms with Crippen molar-refractivity contribution in [2.24, 2.45) is 0 Å². The summed E-state index contributed by atoms with van der Waals surface area (Å²) in [6.07, 6.45) is 0. The number of hydrogen-bond donors (Lipinski definition) is 3. The summed E-state index contributed by atoms with van der Waals surface area (Å²) in [4.78, 5) is 11.5. The van der Waals surface area contributed by atoms with Crippen LogP contribution in [0.3, 0.4) is 0 Å². The molecule has 2 rings (SSSR count). The summed E-state index contributed by atoms with van der Waals surface area (Å²) in [7, 11) is 1.67. The number of rotatable bonds is 3. The normalized spacial score (nSPS) is 9.81. The number of hydrogen-bond acceptors (Lipinski definition) is 6.